The summed E-state index contributed by atoms with van der Waals surface area (Å²) >= 11 is 0. The predicted octanol–water partition coefficient (Wildman–Crippen LogP) is 1.38. The van der Waals surface area contributed by atoms with Crippen molar-refractivity contribution in [2.45, 2.75) is 6.92 Å². The number of esters is 1. The van der Waals surface area contributed by atoms with Gasteiger partial charge in [0.25, 0.3) is 0 Å². The number of nitrogen functional groups attached to an aromatic ring is 1. The van der Waals surface area contributed by atoms with Crippen molar-refractivity contribution < 1.29 is 13.9 Å². The fourth-order valence-electron chi connectivity index (χ4n) is 0.786. The third-order valence-corrected chi connectivity index (χ3v) is 1.25. The summed E-state index contributed by atoms with van der Waals surface area (Å²) in [7, 11) is 1.28. The highest BCUT2D eigenvalue weighted by Crippen LogP contribution is 2.17. The van der Waals surface area contributed by atoms with E-state index in [1.165, 1.54) is 7.11 Å². The molecule has 0 bridgehead atoms. The number of hydrogen-bond acceptors (Lipinski definition) is 4. The first kappa shape index (κ1) is 10.8. The molecule has 0 saturated carbocycles. The molecule has 0 atom stereocenters. The summed E-state index contributed by atoms with van der Waals surface area (Å²) in [5.74, 6) is 0.128. The van der Waals surface area contributed by atoms with Crippen LogP contribution in [0.5, 0.6) is 0 Å². The van der Waals surface area contributed by atoms with Crippen LogP contribution in [0.25, 0.3) is 0 Å². The Bertz CT molecular complexity index is 282. The zero-order chi connectivity index (χ0) is 8.43. The minimum absolute atomic E-state index is 0. The van der Waals surface area contributed by atoms with Gasteiger partial charge in [-0.15, -0.1) is 12.4 Å². The number of rotatable bonds is 1. The summed E-state index contributed by atoms with van der Waals surface area (Å²) in [5.41, 5.74) is 5.74. The number of hydrogen-bond donors (Lipinski definition) is 1. The van der Waals surface area contributed by atoms with E-state index in [1.54, 1.807) is 13.0 Å². The average molecular weight is 192 g/mol. The molecule has 1 aromatic rings. The molecule has 0 radical (unpaired) electrons. The van der Waals surface area contributed by atoms with Gasteiger partial charge in [-0.3, -0.25) is 0 Å². The molecule has 0 aliphatic heterocycles. The number of furan rings is 1. The Labute approximate surface area is 76.1 Å². The molecule has 1 aromatic heterocycles. The SMILES string of the molecule is COC(=O)c1oc(C)cc1N.Cl. The van der Waals surface area contributed by atoms with E-state index < -0.39 is 5.97 Å². The number of aryl methyl sites for hydroxylation is 1. The van der Waals surface area contributed by atoms with E-state index in [2.05, 4.69) is 4.74 Å². The van der Waals surface area contributed by atoms with Gasteiger partial charge in [-0.25, -0.2) is 4.79 Å². The van der Waals surface area contributed by atoms with Crippen molar-refractivity contribution >= 4 is 24.1 Å². The zero-order valence-electron chi connectivity index (χ0n) is 6.79. The number of methoxy groups -OCH3 is 1. The molecular weight excluding hydrogens is 182 g/mol. The lowest BCUT2D eigenvalue weighted by atomic mass is 10.4. The largest absolute Gasteiger partial charge is 0.463 e. The Kier molecular flexibility index (Phi) is 3.63. The van der Waals surface area contributed by atoms with Gasteiger partial charge in [-0.2, -0.15) is 0 Å². The van der Waals surface area contributed by atoms with Crippen LogP contribution in [0.2, 0.25) is 0 Å². The summed E-state index contributed by atoms with van der Waals surface area (Å²) in [4.78, 5) is 10.9. The molecule has 12 heavy (non-hydrogen) atoms. The van der Waals surface area contributed by atoms with Crippen LogP contribution in [0, 0.1) is 6.92 Å². The topological polar surface area (TPSA) is 65.5 Å². The predicted molar refractivity (Wildman–Crippen MR) is 46.4 cm³/mol. The summed E-state index contributed by atoms with van der Waals surface area (Å²) in [6.45, 7) is 1.71. The molecule has 0 aromatic carbocycles. The first-order chi connectivity index (χ1) is 5.15. The Morgan fingerprint density at radius 2 is 2.25 bits per heavy atom. The van der Waals surface area contributed by atoms with Gasteiger partial charge in [0.15, 0.2) is 0 Å². The standard InChI is InChI=1S/C7H9NO3.ClH/c1-4-3-5(8)6(11-4)7(9)10-2;/h3H,8H2,1-2H3;1H. The molecule has 0 fully saturated rings. The summed E-state index contributed by atoms with van der Waals surface area (Å²) < 4.78 is 9.39. The zero-order valence-corrected chi connectivity index (χ0v) is 7.60. The molecule has 0 saturated heterocycles. The van der Waals surface area contributed by atoms with Crippen molar-refractivity contribution in [3.8, 4) is 0 Å². The highest BCUT2D eigenvalue weighted by Gasteiger charge is 2.14. The van der Waals surface area contributed by atoms with E-state index in [1.807, 2.05) is 0 Å². The maximum Gasteiger partial charge on any atom is 0.376 e. The van der Waals surface area contributed by atoms with Gasteiger partial charge in [0.2, 0.25) is 5.76 Å². The Morgan fingerprint density at radius 3 is 2.58 bits per heavy atom. The van der Waals surface area contributed by atoms with Gasteiger partial charge < -0.3 is 14.9 Å². The Morgan fingerprint density at radius 1 is 1.67 bits per heavy atom. The minimum atomic E-state index is -0.546. The van der Waals surface area contributed by atoms with E-state index in [4.69, 9.17) is 10.2 Å². The molecule has 4 nitrogen and oxygen atoms in total. The van der Waals surface area contributed by atoms with Gasteiger partial charge in [0.05, 0.1) is 12.8 Å². The quantitative estimate of drug-likeness (QED) is 0.681. The van der Waals surface area contributed by atoms with Crippen LogP contribution < -0.4 is 5.73 Å². The van der Waals surface area contributed by atoms with Crippen LogP contribution in [0.1, 0.15) is 16.3 Å². The lowest BCUT2D eigenvalue weighted by Crippen LogP contribution is -2.02. The van der Waals surface area contributed by atoms with E-state index >= 15 is 0 Å². The van der Waals surface area contributed by atoms with Crippen molar-refractivity contribution in [3.63, 3.8) is 0 Å². The van der Waals surface area contributed by atoms with Crippen molar-refractivity contribution in [2.24, 2.45) is 0 Å². The van der Waals surface area contributed by atoms with Crippen LogP contribution in [-0.2, 0) is 4.74 Å². The van der Waals surface area contributed by atoms with Crippen molar-refractivity contribution in [3.05, 3.63) is 17.6 Å². The monoisotopic (exact) mass is 191 g/mol. The molecule has 0 unspecified atom stereocenters. The third-order valence-electron chi connectivity index (χ3n) is 1.25. The van der Waals surface area contributed by atoms with Crippen LogP contribution >= 0.6 is 12.4 Å². The summed E-state index contributed by atoms with van der Waals surface area (Å²) in [6.07, 6.45) is 0. The minimum Gasteiger partial charge on any atom is -0.463 e. The molecule has 0 aliphatic rings. The molecule has 0 spiro atoms. The van der Waals surface area contributed by atoms with Gasteiger partial charge in [-0.1, -0.05) is 0 Å². The second-order valence-corrected chi connectivity index (χ2v) is 2.13. The van der Waals surface area contributed by atoms with Gasteiger partial charge in [-0.05, 0) is 6.92 Å². The Hall–Kier alpha value is -1.16. The van der Waals surface area contributed by atoms with Crippen molar-refractivity contribution in [1.82, 2.24) is 0 Å². The normalized spacial score (nSPS) is 8.83. The van der Waals surface area contributed by atoms with Crippen LogP contribution in [0.3, 0.4) is 0 Å². The first-order valence-corrected chi connectivity index (χ1v) is 3.09. The third kappa shape index (κ3) is 1.92. The molecular formula is C7H10ClNO3. The highest BCUT2D eigenvalue weighted by molar-refractivity contribution is 5.91. The van der Waals surface area contributed by atoms with Crippen LogP contribution in [-0.4, -0.2) is 13.1 Å². The van der Waals surface area contributed by atoms with Gasteiger partial charge in [0.1, 0.15) is 5.76 Å². The van der Waals surface area contributed by atoms with Gasteiger partial charge in [0, 0.05) is 6.07 Å². The molecule has 68 valence electrons. The lowest BCUT2D eigenvalue weighted by molar-refractivity contribution is 0.0565. The van der Waals surface area contributed by atoms with Crippen molar-refractivity contribution in [2.75, 3.05) is 12.8 Å². The van der Waals surface area contributed by atoms with E-state index in [0.29, 0.717) is 11.4 Å². The number of nitrogens with two attached hydrogens (primary N) is 1. The smallest absolute Gasteiger partial charge is 0.376 e. The number of halogens is 1. The molecule has 1 heterocycles. The fraction of sp³-hybridized carbons (Fsp3) is 0.286. The van der Waals surface area contributed by atoms with E-state index in [9.17, 15) is 4.79 Å². The number of ether oxygens (including phenoxy) is 1. The number of carbonyl (C=O) groups excluding carboxylic acids is 1. The summed E-state index contributed by atoms with van der Waals surface area (Å²) in [5, 5.41) is 0. The number of anilines is 1. The van der Waals surface area contributed by atoms with Crippen molar-refractivity contribution in [1.29, 1.82) is 0 Å². The maximum absolute atomic E-state index is 10.9. The Balaban J connectivity index is 0.00000121. The summed E-state index contributed by atoms with van der Waals surface area (Å²) in [6, 6.07) is 1.58. The second-order valence-electron chi connectivity index (χ2n) is 2.13. The molecule has 5 heteroatoms. The second kappa shape index (κ2) is 4.01. The highest BCUT2D eigenvalue weighted by atomic mass is 35.5. The molecule has 2 N–H and O–H groups in total. The first-order valence-electron chi connectivity index (χ1n) is 3.09. The molecule has 1 rings (SSSR count). The fourth-order valence-corrected chi connectivity index (χ4v) is 0.786. The number of carbonyl (C=O) groups is 1. The average Bonchev–Trinajstić information content (AvgIpc) is 2.28. The maximum atomic E-state index is 10.9. The van der Waals surface area contributed by atoms with E-state index in [-0.39, 0.29) is 18.2 Å². The molecule has 0 amide bonds. The van der Waals surface area contributed by atoms with E-state index in [0.717, 1.165) is 0 Å². The lowest BCUT2D eigenvalue weighted by Gasteiger charge is -1.93. The van der Waals surface area contributed by atoms with Crippen LogP contribution in [0.4, 0.5) is 5.69 Å². The molecule has 0 aliphatic carbocycles. The van der Waals surface area contributed by atoms with Crippen LogP contribution in [0.15, 0.2) is 10.5 Å². The van der Waals surface area contributed by atoms with Gasteiger partial charge >= 0.3 is 5.97 Å².